The molecule has 0 aliphatic rings. The number of hydrogen-bond donors (Lipinski definition) is 1. The molecule has 0 aromatic rings. The van der Waals surface area contributed by atoms with E-state index in [1.54, 1.807) is 0 Å². The van der Waals surface area contributed by atoms with Crippen LogP contribution in [0.25, 0.3) is 0 Å². The van der Waals surface area contributed by atoms with E-state index < -0.39 is 0 Å². The van der Waals surface area contributed by atoms with Crippen molar-refractivity contribution in [1.82, 2.24) is 4.90 Å². The normalized spacial score (nSPS) is 17.4. The first-order chi connectivity index (χ1) is 4.57. The number of hydrogen-bond acceptors (Lipinski definition) is 2. The van der Waals surface area contributed by atoms with Crippen molar-refractivity contribution in [3.63, 3.8) is 0 Å². The molecule has 62 valence electrons. The van der Waals surface area contributed by atoms with Crippen LogP contribution in [-0.2, 0) is 0 Å². The van der Waals surface area contributed by atoms with Gasteiger partial charge in [-0.05, 0) is 33.9 Å². The molecule has 0 aliphatic heterocycles. The lowest BCUT2D eigenvalue weighted by Crippen LogP contribution is -2.28. The maximum atomic E-state index is 9.25. The van der Waals surface area contributed by atoms with Crippen LogP contribution < -0.4 is 0 Å². The van der Waals surface area contributed by atoms with Crippen LogP contribution in [0.5, 0.6) is 0 Å². The van der Waals surface area contributed by atoms with Crippen LogP contribution in [0, 0.1) is 0 Å². The Kier molecular flexibility index (Phi) is 4.65. The van der Waals surface area contributed by atoms with Crippen LogP contribution in [-0.4, -0.2) is 36.2 Å². The van der Waals surface area contributed by atoms with Gasteiger partial charge in [0.15, 0.2) is 0 Å². The largest absolute Gasteiger partial charge is 0.393 e. The zero-order valence-corrected chi connectivity index (χ0v) is 7.46. The average molecular weight is 145 g/mol. The Morgan fingerprint density at radius 3 is 2.20 bits per heavy atom. The Balaban J connectivity index is 3.46. The highest BCUT2D eigenvalue weighted by Crippen LogP contribution is 2.04. The topological polar surface area (TPSA) is 23.5 Å². The van der Waals surface area contributed by atoms with Gasteiger partial charge < -0.3 is 10.0 Å². The highest BCUT2D eigenvalue weighted by Gasteiger charge is 2.09. The molecule has 0 saturated carbocycles. The molecule has 0 spiro atoms. The zero-order valence-electron chi connectivity index (χ0n) is 7.46. The molecule has 0 bridgehead atoms. The van der Waals surface area contributed by atoms with E-state index in [0.717, 1.165) is 12.8 Å². The first-order valence-corrected chi connectivity index (χ1v) is 3.92. The summed E-state index contributed by atoms with van der Waals surface area (Å²) in [5.74, 6) is 0. The molecule has 1 N–H and O–H groups in total. The van der Waals surface area contributed by atoms with Crippen molar-refractivity contribution in [1.29, 1.82) is 0 Å². The number of aliphatic hydroxyl groups is 1. The van der Waals surface area contributed by atoms with E-state index in [1.807, 2.05) is 21.0 Å². The number of aliphatic hydroxyl groups excluding tert-OH is 1. The summed E-state index contributed by atoms with van der Waals surface area (Å²) in [6.07, 6.45) is 1.61. The fraction of sp³-hybridized carbons (Fsp3) is 1.00. The molecule has 2 nitrogen and oxygen atoms in total. The molecule has 10 heavy (non-hydrogen) atoms. The van der Waals surface area contributed by atoms with Crippen molar-refractivity contribution in [2.45, 2.75) is 38.8 Å². The SMILES string of the molecule is CC[C@H](O)C[C@H](C)N(C)C. The van der Waals surface area contributed by atoms with Gasteiger partial charge in [0.05, 0.1) is 6.10 Å². The summed E-state index contributed by atoms with van der Waals surface area (Å²) < 4.78 is 0. The van der Waals surface area contributed by atoms with Crippen LogP contribution >= 0.6 is 0 Å². The van der Waals surface area contributed by atoms with Gasteiger partial charge in [-0.25, -0.2) is 0 Å². The van der Waals surface area contributed by atoms with Gasteiger partial charge in [-0.3, -0.25) is 0 Å². The van der Waals surface area contributed by atoms with Crippen molar-refractivity contribution in [2.75, 3.05) is 14.1 Å². The highest BCUT2D eigenvalue weighted by molar-refractivity contribution is 4.64. The standard InChI is InChI=1S/C8H19NO/c1-5-8(10)6-7(2)9(3)4/h7-8,10H,5-6H2,1-4H3/t7-,8-/m0/s1. The molecule has 0 amide bonds. The summed E-state index contributed by atoms with van der Waals surface area (Å²) in [7, 11) is 4.07. The van der Waals surface area contributed by atoms with Gasteiger partial charge in [-0.1, -0.05) is 6.92 Å². The first kappa shape index (κ1) is 9.92. The van der Waals surface area contributed by atoms with E-state index in [-0.39, 0.29) is 6.10 Å². The van der Waals surface area contributed by atoms with Gasteiger partial charge in [0.1, 0.15) is 0 Å². The van der Waals surface area contributed by atoms with E-state index in [1.165, 1.54) is 0 Å². The molecule has 0 heterocycles. The van der Waals surface area contributed by atoms with Gasteiger partial charge in [0, 0.05) is 6.04 Å². The maximum Gasteiger partial charge on any atom is 0.0552 e. The van der Waals surface area contributed by atoms with Crippen LogP contribution in [0.2, 0.25) is 0 Å². The molecule has 0 saturated heterocycles. The predicted octanol–water partition coefficient (Wildman–Crippen LogP) is 1.10. The van der Waals surface area contributed by atoms with Gasteiger partial charge in [-0.15, -0.1) is 0 Å². The van der Waals surface area contributed by atoms with E-state index in [2.05, 4.69) is 11.8 Å². The minimum Gasteiger partial charge on any atom is -0.393 e. The molecule has 0 radical (unpaired) electrons. The highest BCUT2D eigenvalue weighted by atomic mass is 16.3. The second kappa shape index (κ2) is 4.69. The fourth-order valence-corrected chi connectivity index (χ4v) is 0.771. The summed E-state index contributed by atoms with van der Waals surface area (Å²) >= 11 is 0. The smallest absolute Gasteiger partial charge is 0.0552 e. The number of rotatable bonds is 4. The third kappa shape index (κ3) is 3.85. The predicted molar refractivity (Wildman–Crippen MR) is 44.1 cm³/mol. The lowest BCUT2D eigenvalue weighted by molar-refractivity contribution is 0.125. The Hall–Kier alpha value is -0.0800. The molecular formula is C8H19NO. The monoisotopic (exact) mass is 145 g/mol. The molecule has 2 heteroatoms. The summed E-state index contributed by atoms with van der Waals surface area (Å²) in [5.41, 5.74) is 0. The molecule has 0 aliphatic carbocycles. The zero-order chi connectivity index (χ0) is 8.15. The Bertz CT molecular complexity index is 83.3. The van der Waals surface area contributed by atoms with Gasteiger partial charge >= 0.3 is 0 Å². The fourth-order valence-electron chi connectivity index (χ4n) is 0.771. The summed E-state index contributed by atoms with van der Waals surface area (Å²) in [5, 5.41) is 9.25. The molecule has 0 fully saturated rings. The Morgan fingerprint density at radius 1 is 1.40 bits per heavy atom. The van der Waals surface area contributed by atoms with Crippen LogP contribution in [0.1, 0.15) is 26.7 Å². The minimum absolute atomic E-state index is 0.127. The Labute approximate surface area is 63.8 Å². The van der Waals surface area contributed by atoms with Crippen LogP contribution in [0.4, 0.5) is 0 Å². The molecule has 0 rings (SSSR count). The molecule has 0 aromatic carbocycles. The van der Waals surface area contributed by atoms with E-state index in [0.29, 0.717) is 6.04 Å². The van der Waals surface area contributed by atoms with Crippen molar-refractivity contribution in [3.8, 4) is 0 Å². The van der Waals surface area contributed by atoms with Crippen LogP contribution in [0.15, 0.2) is 0 Å². The van der Waals surface area contributed by atoms with E-state index >= 15 is 0 Å². The first-order valence-electron chi connectivity index (χ1n) is 3.92. The van der Waals surface area contributed by atoms with Gasteiger partial charge in [0.2, 0.25) is 0 Å². The summed E-state index contributed by atoms with van der Waals surface area (Å²) in [6, 6.07) is 0.481. The lowest BCUT2D eigenvalue weighted by Gasteiger charge is -2.21. The molecular weight excluding hydrogens is 126 g/mol. The second-order valence-corrected chi connectivity index (χ2v) is 3.11. The minimum atomic E-state index is -0.127. The third-order valence-electron chi connectivity index (χ3n) is 1.97. The maximum absolute atomic E-state index is 9.25. The molecule has 0 aromatic heterocycles. The van der Waals surface area contributed by atoms with Crippen molar-refractivity contribution in [2.24, 2.45) is 0 Å². The number of nitrogens with zero attached hydrogens (tertiary/aromatic N) is 1. The molecule has 0 unspecified atom stereocenters. The van der Waals surface area contributed by atoms with E-state index in [9.17, 15) is 5.11 Å². The second-order valence-electron chi connectivity index (χ2n) is 3.11. The van der Waals surface area contributed by atoms with Crippen molar-refractivity contribution < 1.29 is 5.11 Å². The lowest BCUT2D eigenvalue weighted by atomic mass is 10.1. The van der Waals surface area contributed by atoms with E-state index in [4.69, 9.17) is 0 Å². The van der Waals surface area contributed by atoms with Crippen molar-refractivity contribution >= 4 is 0 Å². The van der Waals surface area contributed by atoms with Gasteiger partial charge in [0.25, 0.3) is 0 Å². The van der Waals surface area contributed by atoms with Crippen LogP contribution in [0.3, 0.4) is 0 Å². The van der Waals surface area contributed by atoms with Crippen molar-refractivity contribution in [3.05, 3.63) is 0 Å². The Morgan fingerprint density at radius 2 is 1.90 bits per heavy atom. The quantitative estimate of drug-likeness (QED) is 0.640. The molecule has 2 atom stereocenters. The van der Waals surface area contributed by atoms with Gasteiger partial charge in [-0.2, -0.15) is 0 Å². The average Bonchev–Trinajstić information content (AvgIpc) is 1.87. The third-order valence-corrected chi connectivity index (χ3v) is 1.97. The summed E-state index contributed by atoms with van der Waals surface area (Å²) in [4.78, 5) is 2.12. The summed E-state index contributed by atoms with van der Waals surface area (Å²) in [6.45, 7) is 4.13.